The van der Waals surface area contributed by atoms with Gasteiger partial charge in [0.1, 0.15) is 0 Å². The van der Waals surface area contributed by atoms with Gasteiger partial charge in [0.05, 0.1) is 0 Å². The number of halogens is 1. The van der Waals surface area contributed by atoms with Crippen LogP contribution in [0.2, 0.25) is 0 Å². The highest BCUT2D eigenvalue weighted by Gasteiger charge is 2.38. The molecule has 1 fully saturated rings. The zero-order chi connectivity index (χ0) is 14.9. The number of hydrogen-bond donors (Lipinski definition) is 0. The fraction of sp³-hybridized carbons (Fsp3) is 0.684. The second-order valence-corrected chi connectivity index (χ2v) is 8.75. The molecule has 3 unspecified atom stereocenters. The van der Waals surface area contributed by atoms with Crippen LogP contribution in [0.3, 0.4) is 0 Å². The van der Waals surface area contributed by atoms with Crippen molar-refractivity contribution >= 4 is 15.9 Å². The number of rotatable bonds is 3. The molecule has 0 saturated heterocycles. The van der Waals surface area contributed by atoms with E-state index in [-0.39, 0.29) is 0 Å². The molecule has 0 N–H and O–H groups in total. The van der Waals surface area contributed by atoms with Crippen molar-refractivity contribution in [2.24, 2.45) is 17.3 Å². The Labute approximate surface area is 133 Å². The van der Waals surface area contributed by atoms with Crippen LogP contribution in [0.4, 0.5) is 0 Å². The molecule has 0 spiro atoms. The molecule has 2 rings (SSSR count). The minimum Gasteiger partial charge on any atom is -0.0887 e. The predicted molar refractivity (Wildman–Crippen MR) is 92.6 cm³/mol. The lowest BCUT2D eigenvalue weighted by atomic mass is 9.66. The second kappa shape index (κ2) is 6.22. The van der Waals surface area contributed by atoms with E-state index in [1.807, 2.05) is 0 Å². The quantitative estimate of drug-likeness (QED) is 0.587. The normalized spacial score (nSPS) is 27.6. The average Bonchev–Trinajstić information content (AvgIpc) is 2.33. The predicted octanol–water partition coefficient (Wildman–Crippen LogP) is 6.07. The van der Waals surface area contributed by atoms with Crippen LogP contribution in [-0.4, -0.2) is 4.83 Å². The van der Waals surface area contributed by atoms with Crippen LogP contribution in [-0.2, 0) is 6.42 Å². The summed E-state index contributed by atoms with van der Waals surface area (Å²) in [5, 5.41) is 0. The Morgan fingerprint density at radius 1 is 1.15 bits per heavy atom. The van der Waals surface area contributed by atoms with E-state index in [0.717, 1.165) is 11.8 Å². The highest BCUT2D eigenvalue weighted by atomic mass is 79.9. The third-order valence-electron chi connectivity index (χ3n) is 5.32. The minimum absolute atomic E-state index is 0.366. The Morgan fingerprint density at radius 3 is 2.30 bits per heavy atom. The van der Waals surface area contributed by atoms with Gasteiger partial charge in [-0.15, -0.1) is 0 Å². The molecule has 0 aliphatic heterocycles. The Balaban J connectivity index is 2.18. The SMILES string of the molecule is Cc1cccc(C)c1CC(C)(C)C1CCC(C)CC1Br. The molecule has 112 valence electrons. The molecular weight excluding hydrogens is 308 g/mol. The van der Waals surface area contributed by atoms with Gasteiger partial charge in [0, 0.05) is 4.83 Å². The fourth-order valence-electron chi connectivity index (χ4n) is 3.91. The van der Waals surface area contributed by atoms with Gasteiger partial charge in [0.2, 0.25) is 0 Å². The molecule has 1 aromatic rings. The Hall–Kier alpha value is -0.300. The molecule has 0 aromatic heterocycles. The van der Waals surface area contributed by atoms with E-state index in [1.165, 1.54) is 36.8 Å². The van der Waals surface area contributed by atoms with E-state index in [1.54, 1.807) is 5.56 Å². The maximum Gasteiger partial charge on any atom is 0.0181 e. The van der Waals surface area contributed by atoms with Gasteiger partial charge in [0.25, 0.3) is 0 Å². The number of hydrogen-bond acceptors (Lipinski definition) is 0. The van der Waals surface area contributed by atoms with Gasteiger partial charge < -0.3 is 0 Å². The first-order valence-corrected chi connectivity index (χ1v) is 8.92. The van der Waals surface area contributed by atoms with Gasteiger partial charge in [-0.1, -0.05) is 61.3 Å². The lowest BCUT2D eigenvalue weighted by Crippen LogP contribution is -2.37. The van der Waals surface area contributed by atoms with Gasteiger partial charge in [-0.25, -0.2) is 0 Å². The molecule has 0 nitrogen and oxygen atoms in total. The van der Waals surface area contributed by atoms with E-state index in [4.69, 9.17) is 0 Å². The summed E-state index contributed by atoms with van der Waals surface area (Å²) in [5.74, 6) is 1.67. The number of alkyl halides is 1. The van der Waals surface area contributed by atoms with Gasteiger partial charge in [-0.2, -0.15) is 0 Å². The van der Waals surface area contributed by atoms with Crippen molar-refractivity contribution in [3.63, 3.8) is 0 Å². The standard InChI is InChI=1S/C19H29Br/c1-13-9-10-17(18(20)11-13)19(4,5)12-16-14(2)7-6-8-15(16)3/h6-8,13,17-18H,9-12H2,1-5H3. The molecule has 1 aliphatic rings. The maximum absolute atomic E-state index is 3.98. The fourth-order valence-corrected chi connectivity index (χ4v) is 5.52. The lowest BCUT2D eigenvalue weighted by Gasteiger charge is -2.42. The first-order valence-electron chi connectivity index (χ1n) is 8.00. The largest absolute Gasteiger partial charge is 0.0887 e. The first-order chi connectivity index (χ1) is 9.31. The number of aryl methyl sites for hydroxylation is 2. The van der Waals surface area contributed by atoms with E-state index in [9.17, 15) is 0 Å². The van der Waals surface area contributed by atoms with Crippen molar-refractivity contribution in [2.75, 3.05) is 0 Å². The van der Waals surface area contributed by atoms with E-state index >= 15 is 0 Å². The molecular formula is C19H29Br. The molecule has 0 bridgehead atoms. The Morgan fingerprint density at radius 2 is 1.75 bits per heavy atom. The van der Waals surface area contributed by atoms with Crippen LogP contribution < -0.4 is 0 Å². The molecule has 1 aliphatic carbocycles. The van der Waals surface area contributed by atoms with Crippen LogP contribution in [0.15, 0.2) is 18.2 Å². The molecule has 0 amide bonds. The Kier molecular flexibility index (Phi) is 5.00. The van der Waals surface area contributed by atoms with Gasteiger partial charge in [-0.05, 0) is 67.1 Å². The second-order valence-electron chi connectivity index (χ2n) is 7.58. The summed E-state index contributed by atoms with van der Waals surface area (Å²) in [6, 6.07) is 6.69. The van der Waals surface area contributed by atoms with Crippen molar-refractivity contribution in [3.8, 4) is 0 Å². The summed E-state index contributed by atoms with van der Waals surface area (Å²) in [5.41, 5.74) is 4.84. The number of benzene rings is 1. The van der Waals surface area contributed by atoms with Crippen molar-refractivity contribution in [1.82, 2.24) is 0 Å². The summed E-state index contributed by atoms with van der Waals surface area (Å²) in [4.78, 5) is 0.686. The van der Waals surface area contributed by atoms with Crippen LogP contribution >= 0.6 is 15.9 Å². The first kappa shape index (κ1) is 16.1. The summed E-state index contributed by atoms with van der Waals surface area (Å²) in [6.07, 6.45) is 5.30. The van der Waals surface area contributed by atoms with E-state index < -0.39 is 0 Å². The van der Waals surface area contributed by atoms with Gasteiger partial charge >= 0.3 is 0 Å². The summed E-state index contributed by atoms with van der Waals surface area (Å²) >= 11 is 3.98. The van der Waals surface area contributed by atoms with Crippen molar-refractivity contribution in [1.29, 1.82) is 0 Å². The highest BCUT2D eigenvalue weighted by Crippen LogP contribution is 2.45. The van der Waals surface area contributed by atoms with E-state index in [2.05, 4.69) is 68.7 Å². The molecule has 1 aromatic carbocycles. The minimum atomic E-state index is 0.366. The van der Waals surface area contributed by atoms with Crippen LogP contribution in [0.25, 0.3) is 0 Å². The summed E-state index contributed by atoms with van der Waals surface area (Å²) in [7, 11) is 0. The summed E-state index contributed by atoms with van der Waals surface area (Å²) in [6.45, 7) is 11.8. The zero-order valence-corrected chi connectivity index (χ0v) is 15.3. The van der Waals surface area contributed by atoms with Crippen LogP contribution in [0.1, 0.15) is 56.7 Å². The molecule has 0 heterocycles. The Bertz CT molecular complexity index is 441. The van der Waals surface area contributed by atoms with Crippen LogP contribution in [0.5, 0.6) is 0 Å². The molecule has 0 radical (unpaired) electrons. The van der Waals surface area contributed by atoms with E-state index in [0.29, 0.717) is 10.2 Å². The molecule has 1 saturated carbocycles. The van der Waals surface area contributed by atoms with Gasteiger partial charge in [0.15, 0.2) is 0 Å². The van der Waals surface area contributed by atoms with Crippen molar-refractivity contribution < 1.29 is 0 Å². The lowest BCUT2D eigenvalue weighted by molar-refractivity contribution is 0.146. The van der Waals surface area contributed by atoms with Crippen LogP contribution in [0, 0.1) is 31.1 Å². The average molecular weight is 337 g/mol. The topological polar surface area (TPSA) is 0 Å². The molecule has 3 atom stereocenters. The highest BCUT2D eigenvalue weighted by molar-refractivity contribution is 9.09. The molecule has 1 heteroatoms. The third-order valence-corrected chi connectivity index (χ3v) is 6.33. The summed E-state index contributed by atoms with van der Waals surface area (Å²) < 4.78 is 0. The van der Waals surface area contributed by atoms with Gasteiger partial charge in [-0.3, -0.25) is 0 Å². The monoisotopic (exact) mass is 336 g/mol. The smallest absolute Gasteiger partial charge is 0.0181 e. The zero-order valence-electron chi connectivity index (χ0n) is 13.7. The maximum atomic E-state index is 3.98. The van der Waals surface area contributed by atoms with Crippen molar-refractivity contribution in [3.05, 3.63) is 34.9 Å². The third kappa shape index (κ3) is 3.47. The molecule has 20 heavy (non-hydrogen) atoms. The van der Waals surface area contributed by atoms with Crippen molar-refractivity contribution in [2.45, 2.75) is 65.1 Å².